The third-order valence-corrected chi connectivity index (χ3v) is 6.22. The summed E-state index contributed by atoms with van der Waals surface area (Å²) in [6.45, 7) is 0.826. The second-order valence-electron chi connectivity index (χ2n) is 8.25. The molecule has 1 heterocycles. The maximum Gasteiger partial charge on any atom is 0.416 e. The number of carbonyl (C=O) groups is 1. The quantitative estimate of drug-likeness (QED) is 0.566. The minimum Gasteiger partial charge on any atom is -0.370 e. The van der Waals surface area contributed by atoms with Crippen LogP contribution in [0.3, 0.4) is 0 Å². The van der Waals surface area contributed by atoms with Gasteiger partial charge in [-0.25, -0.2) is 0 Å². The van der Waals surface area contributed by atoms with Crippen LogP contribution in [0.15, 0.2) is 24.3 Å². The fourth-order valence-electron chi connectivity index (χ4n) is 3.92. The first kappa shape index (κ1) is 21.0. The molecule has 0 bridgehead atoms. The number of halogens is 4. The molecule has 0 aliphatic heterocycles. The van der Waals surface area contributed by atoms with Gasteiger partial charge in [0.2, 0.25) is 0 Å². The van der Waals surface area contributed by atoms with Crippen molar-refractivity contribution in [3.05, 3.63) is 46.1 Å². The molecular formula is C21H24ClF3N4O. The summed E-state index contributed by atoms with van der Waals surface area (Å²) in [5.41, 5.74) is 0.105. The molecule has 0 atom stereocenters. The summed E-state index contributed by atoms with van der Waals surface area (Å²) in [5.74, 6) is 1.47. The molecule has 30 heavy (non-hydrogen) atoms. The maximum atomic E-state index is 12.9. The molecular weight excluding hydrogens is 417 g/mol. The van der Waals surface area contributed by atoms with E-state index in [0.717, 1.165) is 61.9 Å². The van der Waals surface area contributed by atoms with E-state index in [1.165, 1.54) is 12.8 Å². The zero-order valence-electron chi connectivity index (χ0n) is 16.4. The monoisotopic (exact) mass is 440 g/mol. The predicted molar refractivity (Wildman–Crippen MR) is 109 cm³/mol. The molecule has 1 amide bonds. The Balaban J connectivity index is 1.25. The van der Waals surface area contributed by atoms with Gasteiger partial charge in [0.25, 0.3) is 5.91 Å². The Morgan fingerprint density at radius 2 is 1.87 bits per heavy atom. The lowest BCUT2D eigenvalue weighted by atomic mass is 9.86. The molecule has 3 N–H and O–H groups in total. The molecule has 1 aromatic carbocycles. The number of alkyl halides is 3. The van der Waals surface area contributed by atoms with Gasteiger partial charge < -0.3 is 10.6 Å². The Kier molecular flexibility index (Phi) is 5.95. The summed E-state index contributed by atoms with van der Waals surface area (Å²) in [6, 6.07) is 4.82. The highest BCUT2D eigenvalue weighted by atomic mass is 35.5. The van der Waals surface area contributed by atoms with Crippen molar-refractivity contribution in [3.63, 3.8) is 0 Å². The second kappa shape index (κ2) is 8.49. The summed E-state index contributed by atoms with van der Waals surface area (Å²) in [4.78, 5) is 12.5. The van der Waals surface area contributed by atoms with Crippen molar-refractivity contribution >= 4 is 23.3 Å². The Morgan fingerprint density at radius 1 is 1.13 bits per heavy atom. The van der Waals surface area contributed by atoms with Gasteiger partial charge in [-0.05, 0) is 62.6 Å². The summed E-state index contributed by atoms with van der Waals surface area (Å²) in [6.07, 6.45) is 1.34. The normalized spacial score (nSPS) is 22.0. The Bertz CT molecular complexity index is 902. The lowest BCUT2D eigenvalue weighted by molar-refractivity contribution is -0.137. The van der Waals surface area contributed by atoms with Crippen molar-refractivity contribution in [2.75, 3.05) is 11.9 Å². The van der Waals surface area contributed by atoms with Crippen LogP contribution in [0.1, 0.15) is 66.1 Å². The van der Waals surface area contributed by atoms with Crippen LogP contribution in [0.5, 0.6) is 0 Å². The average Bonchev–Trinajstić information content (AvgIpc) is 3.45. The fourth-order valence-corrected chi connectivity index (χ4v) is 4.12. The lowest BCUT2D eigenvalue weighted by Gasteiger charge is -2.29. The van der Waals surface area contributed by atoms with Gasteiger partial charge in [-0.15, -0.1) is 0 Å². The average molecular weight is 441 g/mol. The van der Waals surface area contributed by atoms with Crippen molar-refractivity contribution in [3.8, 4) is 0 Å². The number of rotatable bonds is 6. The van der Waals surface area contributed by atoms with E-state index in [1.54, 1.807) is 0 Å². The molecule has 1 aromatic heterocycles. The van der Waals surface area contributed by atoms with Crippen LogP contribution in [0.4, 0.5) is 19.0 Å². The number of anilines is 1. The molecule has 0 radical (unpaired) electrons. The molecule has 2 saturated carbocycles. The molecule has 0 saturated heterocycles. The van der Waals surface area contributed by atoms with Crippen molar-refractivity contribution in [1.82, 2.24) is 15.5 Å². The van der Waals surface area contributed by atoms with Gasteiger partial charge in [-0.2, -0.15) is 18.3 Å². The van der Waals surface area contributed by atoms with Crippen LogP contribution >= 0.6 is 11.6 Å². The summed E-state index contributed by atoms with van der Waals surface area (Å²) in [5, 5.41) is 13.6. The summed E-state index contributed by atoms with van der Waals surface area (Å²) in [7, 11) is 0. The molecule has 2 fully saturated rings. The minimum atomic E-state index is -4.52. The first-order chi connectivity index (χ1) is 14.3. The number of nitrogens with one attached hydrogen (secondary N) is 3. The van der Waals surface area contributed by atoms with Crippen molar-refractivity contribution in [2.45, 2.75) is 56.7 Å². The van der Waals surface area contributed by atoms with E-state index in [-0.39, 0.29) is 16.6 Å². The molecule has 2 aliphatic rings. The standard InChI is InChI=1S/C21H24ClF3N4O/c22-17-8-5-14(21(23,24)25)9-16(17)20(30)27-15-6-1-12(2-7-15)11-26-19-10-18(28-29-19)13-3-4-13/h5,8-10,12-13,15H,1-4,6-7,11H2,(H,27,30)(H2,26,28,29)/t12-,15-. The van der Waals surface area contributed by atoms with Crippen LogP contribution in [0.25, 0.3) is 0 Å². The molecule has 9 heteroatoms. The number of aromatic nitrogens is 2. The summed E-state index contributed by atoms with van der Waals surface area (Å²) >= 11 is 5.96. The predicted octanol–water partition coefficient (Wildman–Crippen LogP) is 5.36. The van der Waals surface area contributed by atoms with Gasteiger partial charge in [0.05, 0.1) is 21.8 Å². The number of H-pyrrole nitrogens is 1. The van der Waals surface area contributed by atoms with E-state index in [1.807, 2.05) is 0 Å². The highest BCUT2D eigenvalue weighted by Crippen LogP contribution is 2.39. The number of aromatic amines is 1. The Morgan fingerprint density at radius 3 is 2.53 bits per heavy atom. The molecule has 4 rings (SSSR count). The van der Waals surface area contributed by atoms with Gasteiger partial charge in [0.1, 0.15) is 5.82 Å². The van der Waals surface area contributed by atoms with Gasteiger partial charge in [0.15, 0.2) is 0 Å². The van der Waals surface area contributed by atoms with Crippen molar-refractivity contribution in [2.24, 2.45) is 5.92 Å². The molecule has 5 nitrogen and oxygen atoms in total. The van der Waals surface area contributed by atoms with E-state index in [9.17, 15) is 18.0 Å². The number of carbonyl (C=O) groups excluding carboxylic acids is 1. The topological polar surface area (TPSA) is 69.8 Å². The van der Waals surface area contributed by atoms with E-state index in [4.69, 9.17) is 11.6 Å². The lowest BCUT2D eigenvalue weighted by Crippen LogP contribution is -2.38. The maximum absolute atomic E-state index is 12.9. The first-order valence-electron chi connectivity index (χ1n) is 10.3. The van der Waals surface area contributed by atoms with Crippen LogP contribution in [0, 0.1) is 5.92 Å². The van der Waals surface area contributed by atoms with Crippen LogP contribution < -0.4 is 10.6 Å². The molecule has 0 spiro atoms. The molecule has 2 aromatic rings. The van der Waals surface area contributed by atoms with Crippen LogP contribution in [-0.2, 0) is 6.18 Å². The zero-order valence-corrected chi connectivity index (χ0v) is 17.1. The van der Waals surface area contributed by atoms with Gasteiger partial charge >= 0.3 is 6.18 Å². The fraction of sp³-hybridized carbons (Fsp3) is 0.524. The third kappa shape index (κ3) is 5.09. The number of hydrogen-bond donors (Lipinski definition) is 3. The van der Waals surface area contributed by atoms with Gasteiger partial charge in [-0.1, -0.05) is 11.6 Å². The molecule has 2 aliphatic carbocycles. The van der Waals surface area contributed by atoms with Crippen molar-refractivity contribution < 1.29 is 18.0 Å². The number of hydrogen-bond acceptors (Lipinski definition) is 3. The zero-order chi connectivity index (χ0) is 21.3. The number of amides is 1. The highest BCUT2D eigenvalue weighted by Gasteiger charge is 2.32. The highest BCUT2D eigenvalue weighted by molar-refractivity contribution is 6.33. The Labute approximate surface area is 177 Å². The second-order valence-corrected chi connectivity index (χ2v) is 8.65. The van der Waals surface area contributed by atoms with Gasteiger partial charge in [0, 0.05) is 24.6 Å². The van der Waals surface area contributed by atoms with E-state index in [2.05, 4.69) is 26.9 Å². The number of nitrogens with zero attached hydrogens (tertiary/aromatic N) is 1. The van der Waals surface area contributed by atoms with Crippen LogP contribution in [-0.4, -0.2) is 28.7 Å². The van der Waals surface area contributed by atoms with Gasteiger partial charge in [-0.3, -0.25) is 9.89 Å². The molecule has 162 valence electrons. The SMILES string of the molecule is O=C(N[C@H]1CC[C@H](CNc2cc(C3CC3)n[nH]2)CC1)c1cc(C(F)(F)F)ccc1Cl. The smallest absolute Gasteiger partial charge is 0.370 e. The largest absolute Gasteiger partial charge is 0.416 e. The first-order valence-corrected chi connectivity index (χ1v) is 10.6. The van der Waals surface area contributed by atoms with Crippen molar-refractivity contribution in [1.29, 1.82) is 0 Å². The Hall–Kier alpha value is -2.22. The van der Waals surface area contributed by atoms with E-state index < -0.39 is 17.6 Å². The minimum absolute atomic E-state index is 0.0171. The number of benzene rings is 1. The van der Waals surface area contributed by atoms with Crippen LogP contribution in [0.2, 0.25) is 5.02 Å². The molecule has 0 unspecified atom stereocenters. The van der Waals surface area contributed by atoms with E-state index >= 15 is 0 Å². The third-order valence-electron chi connectivity index (χ3n) is 5.89. The summed E-state index contributed by atoms with van der Waals surface area (Å²) < 4.78 is 38.8. The van der Waals surface area contributed by atoms with E-state index in [0.29, 0.717) is 11.8 Å².